The Balaban J connectivity index is 1.87. The molecule has 0 saturated carbocycles. The number of carbonyl (C=O) groups excluding carboxylic acids is 1. The number of hydrogen-bond acceptors (Lipinski definition) is 3. The highest BCUT2D eigenvalue weighted by molar-refractivity contribution is 5.78. The number of hydrogen-bond donors (Lipinski definition) is 1. The summed E-state index contributed by atoms with van der Waals surface area (Å²) in [5, 5.41) is 3.36. The van der Waals surface area contributed by atoms with E-state index in [-0.39, 0.29) is 0 Å². The molecule has 1 heterocycles. The summed E-state index contributed by atoms with van der Waals surface area (Å²) in [6, 6.07) is 8.69. The summed E-state index contributed by atoms with van der Waals surface area (Å²) in [5.74, 6) is 0.292. The van der Waals surface area contributed by atoms with Crippen molar-refractivity contribution in [2.45, 2.75) is 38.8 Å². The number of methoxy groups -OCH3 is 1. The summed E-state index contributed by atoms with van der Waals surface area (Å²) in [7, 11) is 1.71. The van der Waals surface area contributed by atoms with Gasteiger partial charge in [-0.25, -0.2) is 0 Å². The van der Waals surface area contributed by atoms with Crippen molar-refractivity contribution in [1.82, 2.24) is 10.2 Å². The number of rotatable bonds is 8. The van der Waals surface area contributed by atoms with Crippen molar-refractivity contribution in [3.8, 4) is 0 Å². The fraction of sp³-hybridized carbons (Fsp3) is 0.588. The lowest BCUT2D eigenvalue weighted by Gasteiger charge is -2.26. The van der Waals surface area contributed by atoms with Crippen LogP contribution in [-0.4, -0.2) is 43.7 Å². The van der Waals surface area contributed by atoms with Crippen LogP contribution < -0.4 is 5.32 Å². The Morgan fingerprint density at radius 1 is 1.33 bits per heavy atom. The molecule has 2 rings (SSSR count). The molecule has 0 bridgehead atoms. The quantitative estimate of drug-likeness (QED) is 0.746. The third kappa shape index (κ3) is 4.55. The first kappa shape index (κ1) is 16.0. The van der Waals surface area contributed by atoms with E-state index in [1.165, 1.54) is 11.1 Å². The summed E-state index contributed by atoms with van der Waals surface area (Å²) < 4.78 is 5.02. The lowest BCUT2D eigenvalue weighted by Crippen LogP contribution is -2.35. The van der Waals surface area contributed by atoms with Gasteiger partial charge in [0.1, 0.15) is 0 Å². The predicted molar refractivity (Wildman–Crippen MR) is 84.1 cm³/mol. The van der Waals surface area contributed by atoms with E-state index < -0.39 is 0 Å². The topological polar surface area (TPSA) is 41.6 Å². The number of nitrogens with one attached hydrogen (secondary N) is 1. The van der Waals surface area contributed by atoms with E-state index in [1.54, 1.807) is 7.11 Å². The molecule has 0 unspecified atom stereocenters. The van der Waals surface area contributed by atoms with Gasteiger partial charge in [-0.15, -0.1) is 0 Å². The van der Waals surface area contributed by atoms with E-state index >= 15 is 0 Å². The molecule has 1 amide bonds. The summed E-state index contributed by atoms with van der Waals surface area (Å²) in [5.41, 5.74) is 2.51. The Kier molecular flexibility index (Phi) is 6.21. The second-order valence-electron chi connectivity index (χ2n) is 5.67. The van der Waals surface area contributed by atoms with Crippen molar-refractivity contribution < 1.29 is 9.53 Å². The van der Waals surface area contributed by atoms with Crippen LogP contribution in [0.15, 0.2) is 24.3 Å². The molecule has 0 aliphatic carbocycles. The zero-order valence-electron chi connectivity index (χ0n) is 13.1. The third-order valence-electron chi connectivity index (χ3n) is 4.19. The van der Waals surface area contributed by atoms with Gasteiger partial charge in [-0.1, -0.05) is 24.3 Å². The molecule has 0 radical (unpaired) electrons. The maximum absolute atomic E-state index is 12.1. The monoisotopic (exact) mass is 290 g/mol. The fourth-order valence-corrected chi connectivity index (χ4v) is 2.85. The molecular weight excluding hydrogens is 264 g/mol. The Bertz CT molecular complexity index is 462. The molecule has 1 saturated heterocycles. The van der Waals surface area contributed by atoms with Crippen LogP contribution in [0.2, 0.25) is 0 Å². The zero-order valence-corrected chi connectivity index (χ0v) is 13.1. The molecule has 21 heavy (non-hydrogen) atoms. The maximum atomic E-state index is 12.1. The molecule has 4 heteroatoms. The fourth-order valence-electron chi connectivity index (χ4n) is 2.85. The number of amides is 1. The number of nitrogens with zero attached hydrogens (tertiary/aromatic N) is 1. The van der Waals surface area contributed by atoms with Gasteiger partial charge in [0.05, 0.1) is 6.61 Å². The first-order valence-corrected chi connectivity index (χ1v) is 7.76. The van der Waals surface area contributed by atoms with Crippen LogP contribution in [0.5, 0.6) is 0 Å². The molecule has 1 atom stereocenters. The molecule has 1 aliphatic rings. The van der Waals surface area contributed by atoms with Gasteiger partial charge in [0.15, 0.2) is 0 Å². The minimum Gasteiger partial charge on any atom is -0.383 e. The van der Waals surface area contributed by atoms with Gasteiger partial charge in [-0.05, 0) is 37.4 Å². The van der Waals surface area contributed by atoms with Crippen molar-refractivity contribution in [1.29, 1.82) is 0 Å². The van der Waals surface area contributed by atoms with Gasteiger partial charge in [0.25, 0.3) is 0 Å². The first-order valence-electron chi connectivity index (χ1n) is 7.76. The number of likely N-dealkylation sites (tertiary alicyclic amines) is 1. The summed E-state index contributed by atoms with van der Waals surface area (Å²) >= 11 is 0. The van der Waals surface area contributed by atoms with Gasteiger partial charge in [-0.3, -0.25) is 4.79 Å². The van der Waals surface area contributed by atoms with Gasteiger partial charge in [0, 0.05) is 32.7 Å². The summed E-state index contributed by atoms with van der Waals surface area (Å²) in [4.78, 5) is 14.2. The van der Waals surface area contributed by atoms with Crippen molar-refractivity contribution in [3.63, 3.8) is 0 Å². The minimum atomic E-state index is 0.292. The molecule has 1 aromatic carbocycles. The van der Waals surface area contributed by atoms with Crippen LogP contribution in [0, 0.1) is 6.92 Å². The molecule has 116 valence electrons. The van der Waals surface area contributed by atoms with Crippen LogP contribution in [0.1, 0.15) is 30.4 Å². The van der Waals surface area contributed by atoms with Crippen molar-refractivity contribution in [2.24, 2.45) is 0 Å². The summed E-state index contributed by atoms with van der Waals surface area (Å²) in [6.45, 7) is 5.39. The lowest BCUT2D eigenvalue weighted by molar-refractivity contribution is -0.129. The van der Waals surface area contributed by atoms with E-state index in [0.29, 0.717) is 18.4 Å². The molecule has 1 N–H and O–H groups in total. The normalized spacial score (nSPS) is 18.5. The van der Waals surface area contributed by atoms with E-state index in [4.69, 9.17) is 4.74 Å². The molecular formula is C17H26N2O2. The highest BCUT2D eigenvalue weighted by Gasteiger charge is 2.30. The standard InChI is InChI=1S/C17H26N2O2/c1-14-5-3-4-6-15(14)13-19-16(7-8-17(19)20)9-10-18-11-12-21-2/h3-6,16,18H,7-13H2,1-2H3/t16-/m0/s1. The van der Waals surface area contributed by atoms with Crippen molar-refractivity contribution in [3.05, 3.63) is 35.4 Å². The highest BCUT2D eigenvalue weighted by atomic mass is 16.5. The Hall–Kier alpha value is -1.39. The second-order valence-corrected chi connectivity index (χ2v) is 5.67. The smallest absolute Gasteiger partial charge is 0.223 e. The number of benzene rings is 1. The average molecular weight is 290 g/mol. The molecule has 0 spiro atoms. The van der Waals surface area contributed by atoms with Crippen LogP contribution in [0.4, 0.5) is 0 Å². The predicted octanol–water partition coefficient (Wildman–Crippen LogP) is 2.11. The first-order chi connectivity index (χ1) is 10.2. The van der Waals surface area contributed by atoms with Gasteiger partial charge < -0.3 is 15.0 Å². The highest BCUT2D eigenvalue weighted by Crippen LogP contribution is 2.24. The lowest BCUT2D eigenvalue weighted by atomic mass is 10.1. The van der Waals surface area contributed by atoms with Crippen LogP contribution in [-0.2, 0) is 16.1 Å². The average Bonchev–Trinajstić information content (AvgIpc) is 2.82. The third-order valence-corrected chi connectivity index (χ3v) is 4.19. The van der Waals surface area contributed by atoms with Gasteiger partial charge in [0.2, 0.25) is 5.91 Å². The maximum Gasteiger partial charge on any atom is 0.223 e. The largest absolute Gasteiger partial charge is 0.383 e. The minimum absolute atomic E-state index is 0.292. The molecule has 1 fully saturated rings. The van der Waals surface area contributed by atoms with Crippen molar-refractivity contribution in [2.75, 3.05) is 26.8 Å². The molecule has 4 nitrogen and oxygen atoms in total. The van der Waals surface area contributed by atoms with Crippen molar-refractivity contribution >= 4 is 5.91 Å². The van der Waals surface area contributed by atoms with E-state index in [0.717, 1.165) is 39.1 Å². The van der Waals surface area contributed by atoms with Crippen LogP contribution in [0.3, 0.4) is 0 Å². The second kappa shape index (κ2) is 8.15. The number of ether oxygens (including phenoxy) is 1. The molecule has 1 aliphatic heterocycles. The molecule has 1 aromatic rings. The van der Waals surface area contributed by atoms with E-state index in [9.17, 15) is 4.79 Å². The number of aryl methyl sites for hydroxylation is 1. The Morgan fingerprint density at radius 2 is 2.14 bits per heavy atom. The SMILES string of the molecule is COCCNCC[C@@H]1CCC(=O)N1Cc1ccccc1C. The zero-order chi connectivity index (χ0) is 15.1. The van der Waals surface area contributed by atoms with Gasteiger partial charge >= 0.3 is 0 Å². The Morgan fingerprint density at radius 3 is 2.90 bits per heavy atom. The Labute approximate surface area is 127 Å². The van der Waals surface area contributed by atoms with E-state index in [1.807, 2.05) is 12.1 Å². The van der Waals surface area contributed by atoms with Crippen LogP contribution in [0.25, 0.3) is 0 Å². The molecule has 0 aromatic heterocycles. The van der Waals surface area contributed by atoms with Gasteiger partial charge in [-0.2, -0.15) is 0 Å². The summed E-state index contributed by atoms with van der Waals surface area (Å²) in [6.07, 6.45) is 2.69. The van der Waals surface area contributed by atoms with Crippen LogP contribution >= 0.6 is 0 Å². The van der Waals surface area contributed by atoms with E-state index in [2.05, 4.69) is 29.3 Å². The number of carbonyl (C=O) groups is 1.